The number of alkyl halides is 3. The van der Waals surface area contributed by atoms with E-state index < -0.39 is 35.3 Å². The van der Waals surface area contributed by atoms with Crippen molar-refractivity contribution in [2.45, 2.75) is 44.0 Å². The molecular weight excluding hydrogens is 547 g/mol. The molecule has 1 spiro atoms. The Morgan fingerprint density at radius 1 is 1.18 bits per heavy atom. The summed E-state index contributed by atoms with van der Waals surface area (Å²) in [6.07, 6.45) is -2.46. The van der Waals surface area contributed by atoms with Gasteiger partial charge in [0.1, 0.15) is 12.4 Å². The second kappa shape index (κ2) is 9.50. The van der Waals surface area contributed by atoms with E-state index in [4.69, 9.17) is 18.9 Å². The van der Waals surface area contributed by atoms with Crippen LogP contribution in [0.5, 0.6) is 29.0 Å². The third kappa shape index (κ3) is 4.63. The van der Waals surface area contributed by atoms with Gasteiger partial charge in [-0.3, -0.25) is 4.57 Å². The van der Waals surface area contributed by atoms with E-state index in [9.17, 15) is 26.7 Å². The zero-order chi connectivity index (χ0) is 28.2. The maximum atomic E-state index is 14.8. The largest absolute Gasteiger partial charge is 0.574 e. The maximum absolute atomic E-state index is 14.8. The Labute approximate surface area is 222 Å². The van der Waals surface area contributed by atoms with Gasteiger partial charge < -0.3 is 28.6 Å². The molecule has 0 aliphatic carbocycles. The SMILES string of the molecule is COc1c(OCc2cc(F)c(Oc3ccnc(OC(F)(F)F)c3)c(F)c2)nc(=O)n2c1N1C[C@@H]3C[C@@]1(CC2)CO3. The Kier molecular flexibility index (Phi) is 6.20. The van der Waals surface area contributed by atoms with Crippen molar-refractivity contribution in [1.29, 1.82) is 0 Å². The van der Waals surface area contributed by atoms with Crippen molar-refractivity contribution in [3.8, 4) is 29.0 Å². The molecule has 3 aliphatic rings. The van der Waals surface area contributed by atoms with Gasteiger partial charge in [0.25, 0.3) is 5.88 Å². The number of methoxy groups -OCH3 is 1. The molecule has 3 aromatic rings. The first-order valence-electron chi connectivity index (χ1n) is 12.1. The first-order chi connectivity index (χ1) is 19.0. The van der Waals surface area contributed by atoms with E-state index in [1.165, 1.54) is 11.7 Å². The molecule has 2 saturated heterocycles. The van der Waals surface area contributed by atoms with Crippen molar-refractivity contribution >= 4 is 5.82 Å². The summed E-state index contributed by atoms with van der Waals surface area (Å²) >= 11 is 0. The number of hydrogen-bond acceptors (Lipinski definition) is 9. The lowest BCUT2D eigenvalue weighted by Gasteiger charge is -2.44. The fourth-order valence-electron chi connectivity index (χ4n) is 5.40. The zero-order valence-corrected chi connectivity index (χ0v) is 20.8. The fraction of sp³-hybridized carbons (Fsp3) is 0.400. The predicted molar refractivity (Wildman–Crippen MR) is 126 cm³/mol. The van der Waals surface area contributed by atoms with Gasteiger partial charge in [0, 0.05) is 31.8 Å². The number of fused-ring (bicyclic) bond motifs is 3. The highest BCUT2D eigenvalue weighted by Gasteiger charge is 2.55. The number of pyridine rings is 1. The number of halogens is 5. The van der Waals surface area contributed by atoms with Crippen molar-refractivity contribution in [2.24, 2.45) is 0 Å². The number of rotatable bonds is 7. The van der Waals surface area contributed by atoms with Gasteiger partial charge in [-0.1, -0.05) is 0 Å². The first kappa shape index (κ1) is 26.1. The van der Waals surface area contributed by atoms with Crippen LogP contribution < -0.4 is 29.5 Å². The summed E-state index contributed by atoms with van der Waals surface area (Å²) in [6.45, 7) is 1.18. The highest BCUT2D eigenvalue weighted by molar-refractivity contribution is 5.62. The highest BCUT2D eigenvalue weighted by Crippen LogP contribution is 2.50. The van der Waals surface area contributed by atoms with Crippen molar-refractivity contribution < 1.29 is 45.6 Å². The molecule has 2 bridgehead atoms. The van der Waals surface area contributed by atoms with E-state index in [1.54, 1.807) is 0 Å². The average molecular weight is 568 g/mol. The van der Waals surface area contributed by atoms with E-state index in [2.05, 4.69) is 19.6 Å². The first-order valence-corrected chi connectivity index (χ1v) is 12.1. The van der Waals surface area contributed by atoms with Gasteiger partial charge in [0.2, 0.25) is 11.6 Å². The van der Waals surface area contributed by atoms with E-state index in [0.717, 1.165) is 43.3 Å². The number of anilines is 1. The minimum absolute atomic E-state index is 0.0324. The van der Waals surface area contributed by atoms with Crippen LogP contribution in [0.3, 0.4) is 0 Å². The Morgan fingerprint density at radius 2 is 1.95 bits per heavy atom. The summed E-state index contributed by atoms with van der Waals surface area (Å²) in [5.41, 5.74) is -0.749. The Bertz CT molecular complexity index is 1510. The third-order valence-corrected chi connectivity index (χ3v) is 7.08. The molecule has 15 heteroatoms. The van der Waals surface area contributed by atoms with Crippen molar-refractivity contribution in [3.63, 3.8) is 0 Å². The molecule has 1 aromatic carbocycles. The molecule has 3 aliphatic heterocycles. The van der Waals surface area contributed by atoms with E-state index in [-0.39, 0.29) is 41.2 Å². The molecule has 2 atom stereocenters. The molecule has 0 unspecified atom stereocenters. The quantitative estimate of drug-likeness (QED) is 0.393. The molecule has 212 valence electrons. The molecule has 10 nitrogen and oxygen atoms in total. The number of ether oxygens (including phenoxy) is 5. The highest BCUT2D eigenvalue weighted by atomic mass is 19.4. The molecule has 40 heavy (non-hydrogen) atoms. The second-order valence-corrected chi connectivity index (χ2v) is 9.59. The second-order valence-electron chi connectivity index (χ2n) is 9.59. The Hall–Kier alpha value is -4.14. The zero-order valence-electron chi connectivity index (χ0n) is 20.8. The molecule has 2 fully saturated rings. The molecule has 0 amide bonds. The van der Waals surface area contributed by atoms with Crippen molar-refractivity contribution in [1.82, 2.24) is 14.5 Å². The lowest BCUT2D eigenvalue weighted by Crippen LogP contribution is -2.55. The molecule has 5 heterocycles. The van der Waals surface area contributed by atoms with Crippen LogP contribution in [0.15, 0.2) is 35.3 Å². The van der Waals surface area contributed by atoms with Crippen LogP contribution in [0.2, 0.25) is 0 Å². The molecule has 0 saturated carbocycles. The average Bonchev–Trinajstić information content (AvgIpc) is 3.47. The van der Waals surface area contributed by atoms with Gasteiger partial charge in [0.05, 0.1) is 25.4 Å². The van der Waals surface area contributed by atoms with Gasteiger partial charge in [-0.25, -0.2) is 18.6 Å². The smallest absolute Gasteiger partial charge is 0.489 e. The third-order valence-electron chi connectivity index (χ3n) is 7.08. The molecule has 0 radical (unpaired) electrons. The molecule has 6 rings (SSSR count). The Morgan fingerprint density at radius 3 is 2.65 bits per heavy atom. The van der Waals surface area contributed by atoms with Crippen LogP contribution in [-0.2, 0) is 17.9 Å². The summed E-state index contributed by atoms with van der Waals surface area (Å²) < 4.78 is 94.4. The number of morpholine rings is 1. The number of hydrogen-bond donors (Lipinski definition) is 0. The summed E-state index contributed by atoms with van der Waals surface area (Å²) in [7, 11) is 1.41. The molecular formula is C25H21F5N4O6. The summed E-state index contributed by atoms with van der Waals surface area (Å²) in [6, 6.07) is 3.69. The van der Waals surface area contributed by atoms with Gasteiger partial charge in [0.15, 0.2) is 23.2 Å². The van der Waals surface area contributed by atoms with Gasteiger partial charge in [-0.15, -0.1) is 13.2 Å². The monoisotopic (exact) mass is 568 g/mol. The number of benzene rings is 1. The van der Waals surface area contributed by atoms with Crippen LogP contribution in [0.25, 0.3) is 0 Å². The standard InChI is InChI=1S/C25H21F5N4O6/c1-36-20-21(32-23(35)33-5-3-24-9-15(38-12-24)10-34(24)22(20)33)37-11-13-6-16(26)19(17(27)7-13)39-14-2-4-31-18(8-14)40-25(28,29)30/h2,4,6-8,15H,3,5,9-12H2,1H3/t15-,24-/m0/s1. The Balaban J connectivity index is 1.22. The lowest BCUT2D eigenvalue weighted by molar-refractivity contribution is -0.276. The number of nitrogens with zero attached hydrogens (tertiary/aromatic N) is 4. The van der Waals surface area contributed by atoms with Crippen LogP contribution in [0.1, 0.15) is 18.4 Å². The predicted octanol–water partition coefficient (Wildman–Crippen LogP) is 3.95. The molecule has 0 N–H and O–H groups in total. The minimum atomic E-state index is -5.01. The summed E-state index contributed by atoms with van der Waals surface area (Å²) in [5, 5.41) is 0. The normalized spacial score (nSPS) is 21.1. The van der Waals surface area contributed by atoms with Gasteiger partial charge in [-0.05, 0) is 30.2 Å². The van der Waals surface area contributed by atoms with Crippen LogP contribution in [-0.4, -0.2) is 52.8 Å². The van der Waals surface area contributed by atoms with Crippen molar-refractivity contribution in [2.75, 3.05) is 25.2 Å². The topological polar surface area (TPSA) is 97.2 Å². The van der Waals surface area contributed by atoms with Crippen LogP contribution >= 0.6 is 0 Å². The number of aromatic nitrogens is 3. The minimum Gasteiger partial charge on any atom is -0.489 e. The summed E-state index contributed by atoms with van der Waals surface area (Å²) in [5.74, 6) is -3.72. The summed E-state index contributed by atoms with van der Waals surface area (Å²) in [4.78, 5) is 22.3. The maximum Gasteiger partial charge on any atom is 0.574 e. The lowest BCUT2D eigenvalue weighted by atomic mass is 9.92. The van der Waals surface area contributed by atoms with Gasteiger partial charge in [-0.2, -0.15) is 4.98 Å². The molecule has 2 aromatic heterocycles. The van der Waals surface area contributed by atoms with Crippen LogP contribution in [0, 0.1) is 11.6 Å². The van der Waals surface area contributed by atoms with Crippen molar-refractivity contribution in [3.05, 3.63) is 58.1 Å². The van der Waals surface area contributed by atoms with E-state index in [1.807, 2.05) is 0 Å². The van der Waals surface area contributed by atoms with E-state index in [0.29, 0.717) is 25.5 Å². The van der Waals surface area contributed by atoms with E-state index >= 15 is 0 Å². The van der Waals surface area contributed by atoms with Crippen LogP contribution in [0.4, 0.5) is 27.8 Å². The fourth-order valence-corrected chi connectivity index (χ4v) is 5.40. The van der Waals surface area contributed by atoms with Gasteiger partial charge >= 0.3 is 12.1 Å².